The van der Waals surface area contributed by atoms with Gasteiger partial charge in [0.1, 0.15) is 0 Å². The summed E-state index contributed by atoms with van der Waals surface area (Å²) < 4.78 is 0. The largest absolute Gasteiger partial charge is 0.392 e. The van der Waals surface area contributed by atoms with Crippen LogP contribution in [0.25, 0.3) is 0 Å². The van der Waals surface area contributed by atoms with Crippen molar-refractivity contribution in [3.63, 3.8) is 0 Å². The van der Waals surface area contributed by atoms with E-state index in [1.807, 2.05) is 48.5 Å². The summed E-state index contributed by atoms with van der Waals surface area (Å²) in [6.45, 7) is 0.122. The molecule has 0 aliphatic heterocycles. The Hall–Kier alpha value is -1.64. The summed E-state index contributed by atoms with van der Waals surface area (Å²) in [5.41, 5.74) is 3.73. The standard InChI is InChI=1S/C15H14O2/c16-10-14-5-1-12(2-6-14)9-13-3-7-15(11-17)8-4-13/h1-8,16-17H,10-11H2. The Bertz CT molecular complexity index is 412. The van der Waals surface area contributed by atoms with Gasteiger partial charge in [0.25, 0.3) is 0 Å². The fraction of sp³-hybridized carbons (Fsp3) is 0.133. The number of benzene rings is 2. The maximum atomic E-state index is 8.93. The molecule has 2 rings (SSSR count). The highest BCUT2D eigenvalue weighted by molar-refractivity contribution is 5.38. The van der Waals surface area contributed by atoms with Crippen LogP contribution in [-0.4, -0.2) is 10.2 Å². The van der Waals surface area contributed by atoms with Crippen molar-refractivity contribution in [2.24, 2.45) is 0 Å². The Balaban J connectivity index is 2.08. The Kier molecular flexibility index (Phi) is 3.91. The van der Waals surface area contributed by atoms with Crippen molar-refractivity contribution in [2.75, 3.05) is 0 Å². The zero-order chi connectivity index (χ0) is 12.1. The molecule has 0 spiro atoms. The quantitative estimate of drug-likeness (QED) is 0.838. The molecule has 0 saturated heterocycles. The van der Waals surface area contributed by atoms with Crippen molar-refractivity contribution in [2.45, 2.75) is 13.2 Å². The molecule has 0 unspecified atom stereocenters. The minimum Gasteiger partial charge on any atom is -0.392 e. The van der Waals surface area contributed by atoms with E-state index in [1.165, 1.54) is 0 Å². The van der Waals surface area contributed by atoms with Crippen LogP contribution in [-0.2, 0) is 13.2 Å². The minimum atomic E-state index is 0.0610. The van der Waals surface area contributed by atoms with Crippen LogP contribution in [0.2, 0.25) is 0 Å². The molecule has 2 heteroatoms. The Morgan fingerprint density at radius 3 is 1.29 bits per heavy atom. The third-order valence-electron chi connectivity index (χ3n) is 2.56. The van der Waals surface area contributed by atoms with Gasteiger partial charge in [0.2, 0.25) is 0 Å². The average molecular weight is 226 g/mol. The van der Waals surface area contributed by atoms with Crippen LogP contribution in [0.15, 0.2) is 48.5 Å². The van der Waals surface area contributed by atoms with Crippen LogP contribution < -0.4 is 0 Å². The molecule has 0 bridgehead atoms. The van der Waals surface area contributed by atoms with Gasteiger partial charge in [-0.05, 0) is 22.3 Å². The van der Waals surface area contributed by atoms with E-state index in [2.05, 4.69) is 6.42 Å². The van der Waals surface area contributed by atoms with Crippen LogP contribution in [0.4, 0.5) is 0 Å². The number of hydrogen-bond donors (Lipinski definition) is 2. The van der Waals surface area contributed by atoms with E-state index in [0.29, 0.717) is 0 Å². The van der Waals surface area contributed by atoms with Gasteiger partial charge in [-0.3, -0.25) is 0 Å². The van der Waals surface area contributed by atoms with Crippen LogP contribution >= 0.6 is 0 Å². The summed E-state index contributed by atoms with van der Waals surface area (Å²) in [6, 6.07) is 15.2. The van der Waals surface area contributed by atoms with Crippen LogP contribution in [0.3, 0.4) is 0 Å². The van der Waals surface area contributed by atoms with E-state index in [4.69, 9.17) is 10.2 Å². The topological polar surface area (TPSA) is 40.5 Å². The lowest BCUT2D eigenvalue weighted by molar-refractivity contribution is 0.281. The van der Waals surface area contributed by atoms with E-state index in [1.54, 1.807) is 0 Å². The molecule has 2 nitrogen and oxygen atoms in total. The summed E-state index contributed by atoms with van der Waals surface area (Å²) in [5, 5.41) is 17.9. The minimum absolute atomic E-state index is 0.0610. The maximum absolute atomic E-state index is 8.93. The van der Waals surface area contributed by atoms with Gasteiger partial charge in [-0.2, -0.15) is 0 Å². The summed E-state index contributed by atoms with van der Waals surface area (Å²) in [7, 11) is 0. The summed E-state index contributed by atoms with van der Waals surface area (Å²) >= 11 is 0. The van der Waals surface area contributed by atoms with Crippen molar-refractivity contribution in [3.8, 4) is 0 Å². The fourth-order valence-corrected chi connectivity index (χ4v) is 1.55. The fourth-order valence-electron chi connectivity index (χ4n) is 1.55. The van der Waals surface area contributed by atoms with E-state index >= 15 is 0 Å². The molecule has 0 heterocycles. The van der Waals surface area contributed by atoms with Crippen molar-refractivity contribution < 1.29 is 10.2 Å². The Morgan fingerprint density at radius 2 is 1.00 bits per heavy atom. The molecule has 0 amide bonds. The van der Waals surface area contributed by atoms with Gasteiger partial charge in [0, 0.05) is 0 Å². The van der Waals surface area contributed by atoms with Crippen molar-refractivity contribution in [1.82, 2.24) is 0 Å². The first-order valence-electron chi connectivity index (χ1n) is 5.48. The van der Waals surface area contributed by atoms with Gasteiger partial charge in [-0.15, -0.1) is 0 Å². The number of aliphatic hydroxyl groups is 2. The normalized spacial score (nSPS) is 10.5. The second kappa shape index (κ2) is 5.62. The van der Waals surface area contributed by atoms with Gasteiger partial charge in [0.05, 0.1) is 19.6 Å². The van der Waals surface area contributed by atoms with Gasteiger partial charge >= 0.3 is 0 Å². The Labute approximate surface area is 101 Å². The zero-order valence-corrected chi connectivity index (χ0v) is 9.43. The van der Waals surface area contributed by atoms with E-state index in [0.717, 1.165) is 22.3 Å². The van der Waals surface area contributed by atoms with Crippen LogP contribution in [0.1, 0.15) is 22.3 Å². The zero-order valence-electron chi connectivity index (χ0n) is 9.43. The second-order valence-electron chi connectivity index (χ2n) is 3.84. The van der Waals surface area contributed by atoms with E-state index in [9.17, 15) is 0 Å². The lowest BCUT2D eigenvalue weighted by atomic mass is 10.0. The molecule has 86 valence electrons. The van der Waals surface area contributed by atoms with E-state index in [-0.39, 0.29) is 13.2 Å². The first-order chi connectivity index (χ1) is 8.31. The molecule has 2 aromatic carbocycles. The molecule has 2 aromatic rings. The first-order valence-corrected chi connectivity index (χ1v) is 5.48. The molecule has 2 radical (unpaired) electrons. The molecule has 0 aromatic heterocycles. The first kappa shape index (κ1) is 11.8. The molecule has 2 N–H and O–H groups in total. The SMILES string of the molecule is OCc1ccc([C]c2ccc(CO)cc2)cc1. The molecule has 0 aliphatic rings. The molecule has 0 fully saturated rings. The van der Waals surface area contributed by atoms with Crippen molar-refractivity contribution >= 4 is 0 Å². The van der Waals surface area contributed by atoms with Gasteiger partial charge in [-0.25, -0.2) is 0 Å². The maximum Gasteiger partial charge on any atom is 0.0681 e. The second-order valence-corrected chi connectivity index (χ2v) is 3.84. The highest BCUT2D eigenvalue weighted by Gasteiger charge is 1.98. The monoisotopic (exact) mass is 226 g/mol. The number of aliphatic hydroxyl groups excluding tert-OH is 2. The molecule has 0 saturated carbocycles. The number of rotatable bonds is 4. The lowest BCUT2D eigenvalue weighted by Crippen LogP contribution is -1.88. The van der Waals surface area contributed by atoms with E-state index < -0.39 is 0 Å². The molecular formula is C15H14O2. The summed E-state index contributed by atoms with van der Waals surface area (Å²) in [5.74, 6) is 0. The smallest absolute Gasteiger partial charge is 0.0681 e. The van der Waals surface area contributed by atoms with Crippen molar-refractivity contribution in [1.29, 1.82) is 0 Å². The molecule has 17 heavy (non-hydrogen) atoms. The highest BCUT2D eigenvalue weighted by Crippen LogP contribution is 2.14. The number of hydrogen-bond acceptors (Lipinski definition) is 2. The van der Waals surface area contributed by atoms with Gasteiger partial charge in [-0.1, -0.05) is 48.5 Å². The van der Waals surface area contributed by atoms with Crippen LogP contribution in [0, 0.1) is 6.42 Å². The van der Waals surface area contributed by atoms with Gasteiger partial charge in [0.15, 0.2) is 0 Å². The molecular weight excluding hydrogens is 212 g/mol. The Morgan fingerprint density at radius 1 is 0.647 bits per heavy atom. The highest BCUT2D eigenvalue weighted by atomic mass is 16.3. The third kappa shape index (κ3) is 3.16. The van der Waals surface area contributed by atoms with Gasteiger partial charge < -0.3 is 10.2 Å². The summed E-state index contributed by atoms with van der Waals surface area (Å²) in [6.07, 6.45) is 3.24. The molecule has 0 aliphatic carbocycles. The predicted octanol–water partition coefficient (Wildman–Crippen LogP) is 2.15. The summed E-state index contributed by atoms with van der Waals surface area (Å²) in [4.78, 5) is 0. The lowest BCUT2D eigenvalue weighted by Gasteiger charge is -2.03. The third-order valence-corrected chi connectivity index (χ3v) is 2.56. The van der Waals surface area contributed by atoms with Crippen LogP contribution in [0.5, 0.6) is 0 Å². The predicted molar refractivity (Wildman–Crippen MR) is 66.2 cm³/mol. The molecule has 0 atom stereocenters. The van der Waals surface area contributed by atoms with Crippen molar-refractivity contribution in [3.05, 3.63) is 77.2 Å². The average Bonchev–Trinajstić information content (AvgIpc) is 2.40.